The van der Waals surface area contributed by atoms with E-state index in [-0.39, 0.29) is 0 Å². The van der Waals surface area contributed by atoms with Gasteiger partial charge in [-0.1, -0.05) is 54.6 Å². The zero-order valence-corrected chi connectivity index (χ0v) is 17.9. The van der Waals surface area contributed by atoms with Crippen LogP contribution < -0.4 is 15.5 Å². The van der Waals surface area contributed by atoms with E-state index in [4.69, 9.17) is 0 Å². The highest BCUT2D eigenvalue weighted by Gasteiger charge is 2.20. The fraction of sp³-hybridized carbons (Fsp3) is 0.400. The van der Waals surface area contributed by atoms with Gasteiger partial charge in [-0.05, 0) is 42.6 Å². The minimum atomic E-state index is 0.427. The summed E-state index contributed by atoms with van der Waals surface area (Å²) < 4.78 is 0. The van der Waals surface area contributed by atoms with Gasteiger partial charge in [0, 0.05) is 51.5 Å². The van der Waals surface area contributed by atoms with Crippen molar-refractivity contribution in [3.05, 3.63) is 77.9 Å². The van der Waals surface area contributed by atoms with Gasteiger partial charge >= 0.3 is 0 Å². The van der Waals surface area contributed by atoms with E-state index in [9.17, 15) is 0 Å². The number of piperidine rings is 1. The van der Waals surface area contributed by atoms with Crippen LogP contribution in [0.2, 0.25) is 0 Å². The normalized spacial score (nSPS) is 19.8. The van der Waals surface area contributed by atoms with Gasteiger partial charge in [0.2, 0.25) is 0 Å². The van der Waals surface area contributed by atoms with Crippen molar-refractivity contribution in [1.29, 1.82) is 0 Å². The van der Waals surface area contributed by atoms with E-state index in [1.54, 1.807) is 0 Å². The van der Waals surface area contributed by atoms with Gasteiger partial charge < -0.3 is 15.5 Å². The van der Waals surface area contributed by atoms with Crippen LogP contribution in [0.4, 0.5) is 5.69 Å². The molecular formula is C25H33N5. The molecule has 2 aromatic rings. The van der Waals surface area contributed by atoms with Crippen LogP contribution in [0.15, 0.2) is 71.7 Å². The Kier molecular flexibility index (Phi) is 7.03. The van der Waals surface area contributed by atoms with Gasteiger partial charge in [-0.3, -0.25) is 9.89 Å². The summed E-state index contributed by atoms with van der Waals surface area (Å²) in [4.78, 5) is 9.38. The average molecular weight is 404 g/mol. The number of guanidine groups is 1. The van der Waals surface area contributed by atoms with Crippen LogP contribution in [0.3, 0.4) is 0 Å². The molecule has 2 aromatic carbocycles. The molecular weight excluding hydrogens is 370 g/mol. The molecule has 1 atom stereocenters. The first-order valence-corrected chi connectivity index (χ1v) is 11.0. The second-order valence-electron chi connectivity index (χ2n) is 8.18. The van der Waals surface area contributed by atoms with E-state index in [2.05, 4.69) is 92.2 Å². The Morgan fingerprint density at radius 2 is 1.83 bits per heavy atom. The van der Waals surface area contributed by atoms with E-state index in [1.165, 1.54) is 29.7 Å². The number of likely N-dealkylation sites (tertiary alicyclic amines) is 1. The number of hydrogen-bond acceptors (Lipinski definition) is 3. The highest BCUT2D eigenvalue weighted by molar-refractivity contribution is 5.80. The highest BCUT2D eigenvalue weighted by Crippen LogP contribution is 2.18. The zero-order valence-electron chi connectivity index (χ0n) is 17.9. The molecule has 4 rings (SSSR count). The molecule has 2 aliphatic heterocycles. The lowest BCUT2D eigenvalue weighted by molar-refractivity contribution is 0.192. The fourth-order valence-corrected chi connectivity index (χ4v) is 4.28. The summed E-state index contributed by atoms with van der Waals surface area (Å²) >= 11 is 0. The van der Waals surface area contributed by atoms with Gasteiger partial charge in [0.15, 0.2) is 5.96 Å². The van der Waals surface area contributed by atoms with Crippen molar-refractivity contribution >= 4 is 11.6 Å². The average Bonchev–Trinajstić information content (AvgIpc) is 3.33. The fourth-order valence-electron chi connectivity index (χ4n) is 4.28. The molecule has 158 valence electrons. The minimum Gasteiger partial charge on any atom is -0.364 e. The summed E-state index contributed by atoms with van der Waals surface area (Å²) in [7, 11) is 1.85. The lowest BCUT2D eigenvalue weighted by atomic mass is 10.0. The van der Waals surface area contributed by atoms with Crippen molar-refractivity contribution in [2.75, 3.05) is 38.1 Å². The second-order valence-corrected chi connectivity index (χ2v) is 8.18. The van der Waals surface area contributed by atoms with Gasteiger partial charge in [-0.15, -0.1) is 0 Å². The lowest BCUT2D eigenvalue weighted by Gasteiger charge is -2.34. The van der Waals surface area contributed by atoms with Crippen molar-refractivity contribution in [3.63, 3.8) is 0 Å². The molecule has 0 spiro atoms. The van der Waals surface area contributed by atoms with Crippen molar-refractivity contribution in [3.8, 4) is 0 Å². The van der Waals surface area contributed by atoms with Crippen molar-refractivity contribution in [2.24, 2.45) is 4.99 Å². The quantitative estimate of drug-likeness (QED) is 0.441. The topological polar surface area (TPSA) is 42.9 Å². The predicted molar refractivity (Wildman–Crippen MR) is 126 cm³/mol. The largest absolute Gasteiger partial charge is 0.364 e. The summed E-state index contributed by atoms with van der Waals surface area (Å²) in [5, 5.41) is 7.14. The summed E-state index contributed by atoms with van der Waals surface area (Å²) in [5.41, 5.74) is 3.94. The number of hydrogen-bond donors (Lipinski definition) is 2. The van der Waals surface area contributed by atoms with E-state index < -0.39 is 0 Å². The van der Waals surface area contributed by atoms with Crippen molar-refractivity contribution < 1.29 is 0 Å². The van der Waals surface area contributed by atoms with Gasteiger partial charge in [0.25, 0.3) is 0 Å². The number of nitrogens with one attached hydrogen (secondary N) is 2. The van der Waals surface area contributed by atoms with Crippen LogP contribution in [0.5, 0.6) is 0 Å². The van der Waals surface area contributed by atoms with E-state index in [0.717, 1.165) is 45.2 Å². The van der Waals surface area contributed by atoms with Crippen LogP contribution in [-0.4, -0.2) is 50.1 Å². The Bertz CT molecular complexity index is 853. The monoisotopic (exact) mass is 403 g/mol. The number of anilines is 1. The molecule has 30 heavy (non-hydrogen) atoms. The maximum absolute atomic E-state index is 4.46. The van der Waals surface area contributed by atoms with E-state index in [0.29, 0.717) is 6.04 Å². The predicted octanol–water partition coefficient (Wildman–Crippen LogP) is 3.39. The number of nitrogens with zero attached hydrogens (tertiary/aromatic N) is 3. The standard InChI is InChI=1S/C25H33N5/c1-26-25(27-18-22-11-7-13-24(17-22)30-15-5-6-16-30)28-23-12-8-14-29(20-23)19-21-9-3-2-4-10-21/h2-7,9-11,13,17,23H,8,12,14-16,18-20H2,1H3,(H2,26,27,28). The Morgan fingerprint density at radius 1 is 1.03 bits per heavy atom. The molecule has 1 fully saturated rings. The summed E-state index contributed by atoms with van der Waals surface area (Å²) in [6.45, 7) is 6.01. The van der Waals surface area contributed by atoms with Gasteiger partial charge in [-0.25, -0.2) is 0 Å². The zero-order chi connectivity index (χ0) is 20.6. The third-order valence-corrected chi connectivity index (χ3v) is 5.87. The molecule has 1 unspecified atom stereocenters. The maximum atomic E-state index is 4.46. The minimum absolute atomic E-state index is 0.427. The molecule has 2 aliphatic rings. The van der Waals surface area contributed by atoms with Gasteiger partial charge in [-0.2, -0.15) is 0 Å². The van der Waals surface area contributed by atoms with Crippen LogP contribution in [-0.2, 0) is 13.1 Å². The first-order valence-electron chi connectivity index (χ1n) is 11.0. The number of benzene rings is 2. The molecule has 1 saturated heterocycles. The van der Waals surface area contributed by atoms with Crippen LogP contribution in [0.25, 0.3) is 0 Å². The highest BCUT2D eigenvalue weighted by atomic mass is 15.2. The Labute approximate surface area is 180 Å². The molecule has 0 amide bonds. The van der Waals surface area contributed by atoms with E-state index >= 15 is 0 Å². The SMILES string of the molecule is CN=C(NCc1cccc(N2CC=CC2)c1)NC1CCCN(Cc2ccccc2)C1. The van der Waals surface area contributed by atoms with Crippen molar-refractivity contribution in [1.82, 2.24) is 15.5 Å². The second kappa shape index (κ2) is 10.3. The Hall–Kier alpha value is -2.79. The number of aliphatic imine (C=N–C) groups is 1. The molecule has 0 bridgehead atoms. The third kappa shape index (κ3) is 5.63. The van der Waals surface area contributed by atoms with Crippen LogP contribution >= 0.6 is 0 Å². The lowest BCUT2D eigenvalue weighted by Crippen LogP contribution is -2.50. The molecule has 0 aromatic heterocycles. The van der Waals surface area contributed by atoms with Gasteiger partial charge in [0.1, 0.15) is 0 Å². The smallest absolute Gasteiger partial charge is 0.191 e. The summed E-state index contributed by atoms with van der Waals surface area (Å²) in [6.07, 6.45) is 6.85. The Morgan fingerprint density at radius 3 is 2.63 bits per heavy atom. The molecule has 0 saturated carbocycles. The molecule has 5 nitrogen and oxygen atoms in total. The summed E-state index contributed by atoms with van der Waals surface area (Å²) in [5.74, 6) is 0.884. The van der Waals surface area contributed by atoms with Gasteiger partial charge in [0.05, 0.1) is 0 Å². The maximum Gasteiger partial charge on any atom is 0.191 e. The molecule has 2 heterocycles. The van der Waals surface area contributed by atoms with Crippen LogP contribution in [0.1, 0.15) is 24.0 Å². The molecule has 0 radical (unpaired) electrons. The van der Waals surface area contributed by atoms with Crippen LogP contribution in [0, 0.1) is 0 Å². The van der Waals surface area contributed by atoms with Crippen molar-refractivity contribution in [2.45, 2.75) is 32.0 Å². The Balaban J connectivity index is 1.28. The van der Waals surface area contributed by atoms with E-state index in [1.807, 2.05) is 7.05 Å². The molecule has 0 aliphatic carbocycles. The molecule has 2 N–H and O–H groups in total. The number of rotatable bonds is 6. The third-order valence-electron chi connectivity index (χ3n) is 5.87. The first kappa shape index (κ1) is 20.5. The molecule has 5 heteroatoms. The first-order chi connectivity index (χ1) is 14.8. The summed E-state index contributed by atoms with van der Waals surface area (Å²) in [6, 6.07) is 20.0.